The number of hydrazine groups is 1. The summed E-state index contributed by atoms with van der Waals surface area (Å²) >= 11 is 11.7. The van der Waals surface area contributed by atoms with Crippen LogP contribution < -0.4 is 10.9 Å². The van der Waals surface area contributed by atoms with Gasteiger partial charge in [-0.2, -0.15) is 13.2 Å². The van der Waals surface area contributed by atoms with E-state index in [1.807, 2.05) is 0 Å². The van der Waals surface area contributed by atoms with Gasteiger partial charge in [-0.3, -0.25) is 20.2 Å². The first-order valence-corrected chi connectivity index (χ1v) is 8.20. The quantitative estimate of drug-likeness (QED) is 0.469. The molecule has 0 bridgehead atoms. The van der Waals surface area contributed by atoms with Crippen molar-refractivity contribution in [2.75, 3.05) is 5.43 Å². The molecule has 0 radical (unpaired) electrons. The highest BCUT2D eigenvalue weighted by molar-refractivity contribution is 6.33. The Balaban J connectivity index is 1.78. The molecule has 1 amide bonds. The average Bonchev–Trinajstić information content (AvgIpc) is 3.09. The van der Waals surface area contributed by atoms with Gasteiger partial charge in [0.05, 0.1) is 21.8 Å². The summed E-state index contributed by atoms with van der Waals surface area (Å²) < 4.78 is 52.4. The second-order valence-corrected chi connectivity index (χ2v) is 6.17. The number of alkyl halides is 3. The summed E-state index contributed by atoms with van der Waals surface area (Å²) in [5.74, 6) is -1.40. The molecule has 2 N–H and O–H groups in total. The number of nitrogens with one attached hydrogen (secondary N) is 2. The molecule has 0 unspecified atom stereocenters. The standard InChI is InChI=1S/C16H9Cl2F4N5O/c17-10-4-8(16(20,21)22)6-23-13(10)25-26-15(28)12-2-1-3-27(12)14-11(18)5-9(19)7-24-14/h1-7H,(H,23,25)(H,26,28). The number of anilines is 1. The molecule has 12 heteroatoms. The third-order valence-corrected chi connectivity index (χ3v) is 4.03. The van der Waals surface area contributed by atoms with E-state index in [0.717, 1.165) is 12.3 Å². The topological polar surface area (TPSA) is 71.8 Å². The predicted octanol–water partition coefficient (Wildman–Crippen LogP) is 4.49. The van der Waals surface area contributed by atoms with E-state index in [2.05, 4.69) is 20.8 Å². The van der Waals surface area contributed by atoms with Crippen LogP contribution in [0.15, 0.2) is 42.9 Å². The van der Waals surface area contributed by atoms with E-state index in [9.17, 15) is 22.4 Å². The molecule has 0 aromatic carbocycles. The van der Waals surface area contributed by atoms with E-state index in [-0.39, 0.29) is 27.4 Å². The summed E-state index contributed by atoms with van der Waals surface area (Å²) in [5, 5.41) is -0.362. The van der Waals surface area contributed by atoms with Crippen LogP contribution in [0.3, 0.4) is 0 Å². The fraction of sp³-hybridized carbons (Fsp3) is 0.0625. The first-order valence-electron chi connectivity index (χ1n) is 7.44. The van der Waals surface area contributed by atoms with Crippen molar-refractivity contribution in [1.29, 1.82) is 0 Å². The second kappa shape index (κ2) is 7.64. The van der Waals surface area contributed by atoms with Gasteiger partial charge in [0.1, 0.15) is 11.5 Å². The van der Waals surface area contributed by atoms with E-state index in [0.29, 0.717) is 12.3 Å². The minimum Gasteiger partial charge on any atom is -0.295 e. The first kappa shape index (κ1) is 19.9. The van der Waals surface area contributed by atoms with Crippen LogP contribution in [0.4, 0.5) is 23.4 Å². The van der Waals surface area contributed by atoms with Gasteiger partial charge in [-0.1, -0.05) is 23.2 Å². The molecule has 0 saturated heterocycles. The molecule has 28 heavy (non-hydrogen) atoms. The highest BCUT2D eigenvalue weighted by atomic mass is 35.5. The average molecular weight is 434 g/mol. The van der Waals surface area contributed by atoms with E-state index in [1.165, 1.54) is 22.9 Å². The normalized spacial score (nSPS) is 11.4. The van der Waals surface area contributed by atoms with Gasteiger partial charge < -0.3 is 0 Å². The molecule has 0 atom stereocenters. The Hall–Kier alpha value is -2.85. The van der Waals surface area contributed by atoms with E-state index < -0.39 is 23.5 Å². The van der Waals surface area contributed by atoms with E-state index in [1.54, 1.807) is 0 Å². The lowest BCUT2D eigenvalue weighted by Gasteiger charge is -2.13. The number of nitrogens with zero attached hydrogens (tertiary/aromatic N) is 3. The van der Waals surface area contributed by atoms with Gasteiger partial charge in [-0.25, -0.2) is 14.4 Å². The van der Waals surface area contributed by atoms with Crippen LogP contribution in [-0.2, 0) is 6.18 Å². The molecule has 3 rings (SSSR count). The lowest BCUT2D eigenvalue weighted by atomic mass is 10.3. The van der Waals surface area contributed by atoms with Crippen LogP contribution in [0.5, 0.6) is 0 Å². The lowest BCUT2D eigenvalue weighted by molar-refractivity contribution is -0.137. The van der Waals surface area contributed by atoms with Crippen LogP contribution in [-0.4, -0.2) is 20.4 Å². The second-order valence-electron chi connectivity index (χ2n) is 5.35. The zero-order valence-electron chi connectivity index (χ0n) is 13.6. The maximum absolute atomic E-state index is 13.2. The molecule has 3 heterocycles. The molecule has 3 aromatic rings. The number of rotatable bonds is 4. The predicted molar refractivity (Wildman–Crippen MR) is 93.9 cm³/mol. The highest BCUT2D eigenvalue weighted by Gasteiger charge is 2.31. The van der Waals surface area contributed by atoms with Crippen LogP contribution in [0.2, 0.25) is 10.0 Å². The van der Waals surface area contributed by atoms with Gasteiger partial charge in [-0.05, 0) is 24.3 Å². The van der Waals surface area contributed by atoms with Crippen molar-refractivity contribution in [3.8, 4) is 5.82 Å². The van der Waals surface area contributed by atoms with Crippen molar-refractivity contribution >= 4 is 34.9 Å². The minimum absolute atomic E-state index is 0.0225. The third-order valence-electron chi connectivity index (χ3n) is 3.46. The summed E-state index contributed by atoms with van der Waals surface area (Å²) in [5.41, 5.74) is 3.64. The van der Waals surface area contributed by atoms with Gasteiger partial charge >= 0.3 is 6.18 Å². The largest absolute Gasteiger partial charge is 0.417 e. The molecule has 146 valence electrons. The van der Waals surface area contributed by atoms with E-state index in [4.69, 9.17) is 23.2 Å². The highest BCUT2D eigenvalue weighted by Crippen LogP contribution is 2.32. The summed E-state index contributed by atoms with van der Waals surface area (Å²) in [6.45, 7) is 0. The number of aromatic nitrogens is 3. The zero-order valence-corrected chi connectivity index (χ0v) is 15.1. The van der Waals surface area contributed by atoms with Crippen LogP contribution >= 0.6 is 23.2 Å². The Kier molecular flexibility index (Phi) is 5.43. The molecule has 0 spiro atoms. The monoisotopic (exact) mass is 433 g/mol. The van der Waals surface area contributed by atoms with Gasteiger partial charge in [0, 0.05) is 12.4 Å². The summed E-state index contributed by atoms with van der Waals surface area (Å²) in [7, 11) is 0. The Morgan fingerprint density at radius 3 is 2.50 bits per heavy atom. The van der Waals surface area contributed by atoms with Crippen LogP contribution in [0.1, 0.15) is 16.1 Å². The summed E-state index contributed by atoms with van der Waals surface area (Å²) in [6, 6.07) is 4.67. The number of hydrogen-bond acceptors (Lipinski definition) is 4. The summed E-state index contributed by atoms with van der Waals surface area (Å²) in [4.78, 5) is 19.8. The SMILES string of the molecule is O=C(NNc1ncc(C(F)(F)F)cc1Cl)c1cccn1-c1ncc(F)cc1Cl. The number of carbonyl (C=O) groups is 1. The van der Waals surface area contributed by atoms with Gasteiger partial charge in [0.25, 0.3) is 5.91 Å². The molecule has 0 saturated carbocycles. The molecule has 0 aliphatic rings. The molecule has 0 aliphatic heterocycles. The van der Waals surface area contributed by atoms with Crippen LogP contribution in [0, 0.1) is 5.82 Å². The molecular weight excluding hydrogens is 425 g/mol. The molecule has 6 nitrogen and oxygen atoms in total. The lowest BCUT2D eigenvalue weighted by Crippen LogP contribution is -2.31. The Morgan fingerprint density at radius 1 is 1.11 bits per heavy atom. The Labute approximate surface area is 165 Å². The van der Waals surface area contributed by atoms with Crippen molar-refractivity contribution in [2.45, 2.75) is 6.18 Å². The number of hydrogen-bond donors (Lipinski definition) is 2. The number of carbonyl (C=O) groups excluding carboxylic acids is 1. The number of halogens is 6. The van der Waals surface area contributed by atoms with Crippen molar-refractivity contribution in [3.63, 3.8) is 0 Å². The van der Waals surface area contributed by atoms with Crippen molar-refractivity contribution < 1.29 is 22.4 Å². The smallest absolute Gasteiger partial charge is 0.295 e. The number of pyridine rings is 2. The first-order chi connectivity index (χ1) is 13.2. The fourth-order valence-electron chi connectivity index (χ4n) is 2.20. The maximum Gasteiger partial charge on any atom is 0.417 e. The minimum atomic E-state index is -4.60. The third kappa shape index (κ3) is 4.18. The van der Waals surface area contributed by atoms with Gasteiger partial charge in [0.2, 0.25) is 0 Å². The number of amides is 1. The van der Waals surface area contributed by atoms with E-state index >= 15 is 0 Å². The van der Waals surface area contributed by atoms with Gasteiger partial charge in [0.15, 0.2) is 11.6 Å². The van der Waals surface area contributed by atoms with Crippen molar-refractivity contribution in [2.24, 2.45) is 0 Å². The summed E-state index contributed by atoms with van der Waals surface area (Å²) in [6.07, 6.45) is -1.61. The van der Waals surface area contributed by atoms with Gasteiger partial charge in [-0.15, -0.1) is 0 Å². The molecular formula is C16H9Cl2F4N5O. The Bertz CT molecular complexity index is 1040. The molecule has 0 aliphatic carbocycles. The molecule has 0 fully saturated rings. The molecule has 3 aromatic heterocycles. The Morgan fingerprint density at radius 2 is 1.86 bits per heavy atom. The van der Waals surface area contributed by atoms with Crippen LogP contribution in [0.25, 0.3) is 5.82 Å². The van der Waals surface area contributed by atoms with Crippen molar-refractivity contribution in [1.82, 2.24) is 20.0 Å². The van der Waals surface area contributed by atoms with Crippen molar-refractivity contribution in [3.05, 3.63) is 70.0 Å². The fourth-order valence-corrected chi connectivity index (χ4v) is 2.66. The maximum atomic E-state index is 13.2. The zero-order chi connectivity index (χ0) is 20.5.